The number of aromatic nitrogens is 1. The van der Waals surface area contributed by atoms with Gasteiger partial charge >= 0.3 is 6.03 Å². The summed E-state index contributed by atoms with van der Waals surface area (Å²) in [6.45, 7) is 4.97. The minimum atomic E-state index is -0.191. The van der Waals surface area contributed by atoms with Crippen molar-refractivity contribution in [1.82, 2.24) is 15.2 Å². The van der Waals surface area contributed by atoms with E-state index >= 15 is 0 Å². The van der Waals surface area contributed by atoms with Crippen molar-refractivity contribution < 1.29 is 9.90 Å². The van der Waals surface area contributed by atoms with Gasteiger partial charge in [0.2, 0.25) is 0 Å². The summed E-state index contributed by atoms with van der Waals surface area (Å²) in [6, 6.07) is 6.91. The van der Waals surface area contributed by atoms with Gasteiger partial charge in [-0.2, -0.15) is 0 Å². The average Bonchev–Trinajstić information content (AvgIpc) is 2.69. The molecule has 2 amide bonds. The van der Waals surface area contributed by atoms with Gasteiger partial charge in [0.15, 0.2) is 0 Å². The largest absolute Gasteiger partial charge is 0.394 e. The van der Waals surface area contributed by atoms with Crippen LogP contribution in [0.3, 0.4) is 0 Å². The summed E-state index contributed by atoms with van der Waals surface area (Å²) in [5, 5.41) is 16.3. The van der Waals surface area contributed by atoms with E-state index in [0.29, 0.717) is 29.0 Å². The first-order valence-electron chi connectivity index (χ1n) is 9.23. The van der Waals surface area contributed by atoms with Crippen LogP contribution in [-0.2, 0) is 13.0 Å². The normalized spacial score (nSPS) is 15.5. The molecule has 0 saturated carbocycles. The van der Waals surface area contributed by atoms with Gasteiger partial charge in [-0.3, -0.25) is 0 Å². The Morgan fingerprint density at radius 1 is 1.25 bits per heavy atom. The number of urea groups is 1. The van der Waals surface area contributed by atoms with Gasteiger partial charge in [0, 0.05) is 25.3 Å². The second-order valence-electron chi connectivity index (χ2n) is 7.08. The lowest BCUT2D eigenvalue weighted by Crippen LogP contribution is -2.43. The number of amides is 2. The molecule has 0 spiro atoms. The number of nitrogens with zero attached hydrogens (tertiary/aromatic N) is 2. The van der Waals surface area contributed by atoms with Crippen molar-refractivity contribution in [3.8, 4) is 0 Å². The maximum atomic E-state index is 12.7. The monoisotopic (exact) mass is 422 g/mol. The van der Waals surface area contributed by atoms with Gasteiger partial charge in [0.25, 0.3) is 0 Å². The molecule has 0 radical (unpaired) electrons. The van der Waals surface area contributed by atoms with Crippen molar-refractivity contribution in [1.29, 1.82) is 0 Å². The molecule has 3 rings (SSSR count). The van der Waals surface area contributed by atoms with Gasteiger partial charge in [0.1, 0.15) is 5.82 Å². The molecule has 2 aromatic rings. The van der Waals surface area contributed by atoms with E-state index in [2.05, 4.69) is 15.6 Å². The van der Waals surface area contributed by atoms with Crippen LogP contribution in [0.4, 0.5) is 10.6 Å². The Morgan fingerprint density at radius 3 is 2.75 bits per heavy atom. The Balaban J connectivity index is 1.66. The Morgan fingerprint density at radius 2 is 2.04 bits per heavy atom. The predicted molar refractivity (Wildman–Crippen MR) is 112 cm³/mol. The number of aliphatic hydroxyl groups is 1. The molecular weight excluding hydrogens is 399 g/mol. The van der Waals surface area contributed by atoms with Crippen LogP contribution in [0, 0.1) is 0 Å². The zero-order chi connectivity index (χ0) is 20.3. The van der Waals surface area contributed by atoms with Crippen LogP contribution in [0.5, 0.6) is 0 Å². The summed E-state index contributed by atoms with van der Waals surface area (Å²) in [7, 11) is 0. The van der Waals surface area contributed by atoms with Gasteiger partial charge in [-0.05, 0) is 55.2 Å². The third kappa shape index (κ3) is 4.87. The van der Waals surface area contributed by atoms with E-state index in [1.54, 1.807) is 17.0 Å². The zero-order valence-electron chi connectivity index (χ0n) is 15.9. The smallest absolute Gasteiger partial charge is 0.318 e. The number of nitrogens with one attached hydrogen (secondary N) is 2. The zero-order valence-corrected chi connectivity index (χ0v) is 17.4. The van der Waals surface area contributed by atoms with Crippen molar-refractivity contribution in [3.63, 3.8) is 0 Å². The van der Waals surface area contributed by atoms with E-state index < -0.39 is 0 Å². The topological polar surface area (TPSA) is 77.5 Å². The van der Waals surface area contributed by atoms with E-state index in [1.165, 1.54) is 0 Å². The van der Waals surface area contributed by atoms with Crippen LogP contribution in [0.1, 0.15) is 36.6 Å². The Labute approximate surface area is 174 Å². The molecule has 1 aliphatic rings. The van der Waals surface area contributed by atoms with Gasteiger partial charge in [-0.25, -0.2) is 9.78 Å². The lowest BCUT2D eigenvalue weighted by molar-refractivity contribution is 0.189. The molecule has 1 aromatic carbocycles. The van der Waals surface area contributed by atoms with Crippen molar-refractivity contribution in [3.05, 3.63) is 57.2 Å². The van der Waals surface area contributed by atoms with Gasteiger partial charge in [0.05, 0.1) is 22.7 Å². The second kappa shape index (κ2) is 8.99. The first kappa shape index (κ1) is 20.7. The molecule has 8 heteroatoms. The number of carbonyl (C=O) groups excluding carboxylic acids is 1. The number of fused-ring (bicyclic) bond motifs is 1. The highest BCUT2D eigenvalue weighted by Gasteiger charge is 2.23. The van der Waals surface area contributed by atoms with Gasteiger partial charge in [-0.1, -0.05) is 29.3 Å². The minimum Gasteiger partial charge on any atom is -0.394 e. The third-order valence-electron chi connectivity index (χ3n) is 4.83. The summed E-state index contributed by atoms with van der Waals surface area (Å²) >= 11 is 12.0. The molecule has 2 unspecified atom stereocenters. The quantitative estimate of drug-likeness (QED) is 0.679. The summed E-state index contributed by atoms with van der Waals surface area (Å²) in [4.78, 5) is 18.9. The molecule has 150 valence electrons. The highest BCUT2D eigenvalue weighted by Crippen LogP contribution is 2.26. The van der Waals surface area contributed by atoms with Crippen molar-refractivity contribution >= 4 is 35.1 Å². The third-order valence-corrected chi connectivity index (χ3v) is 5.57. The summed E-state index contributed by atoms with van der Waals surface area (Å²) in [6.07, 6.45) is 2.60. The number of benzene rings is 1. The van der Waals surface area contributed by atoms with Crippen molar-refractivity contribution in [2.75, 3.05) is 18.5 Å². The molecule has 2 heterocycles. The van der Waals surface area contributed by atoms with E-state index in [9.17, 15) is 9.90 Å². The molecule has 6 nitrogen and oxygen atoms in total. The summed E-state index contributed by atoms with van der Waals surface area (Å²) in [5.74, 6) is 0.701. The van der Waals surface area contributed by atoms with Gasteiger partial charge < -0.3 is 20.6 Å². The average molecular weight is 423 g/mol. The van der Waals surface area contributed by atoms with E-state index in [1.807, 2.05) is 32.2 Å². The molecule has 28 heavy (non-hydrogen) atoms. The molecule has 0 aliphatic carbocycles. The van der Waals surface area contributed by atoms with Crippen molar-refractivity contribution in [2.45, 2.75) is 38.9 Å². The Kier molecular flexibility index (Phi) is 6.65. The molecule has 0 fully saturated rings. The lowest BCUT2D eigenvalue weighted by Gasteiger charge is -2.30. The number of hydrogen-bond acceptors (Lipinski definition) is 4. The molecule has 1 aromatic heterocycles. The predicted octanol–water partition coefficient (Wildman–Crippen LogP) is 4.01. The van der Waals surface area contributed by atoms with Crippen LogP contribution < -0.4 is 10.6 Å². The number of anilines is 1. The molecule has 3 N–H and O–H groups in total. The fourth-order valence-electron chi connectivity index (χ4n) is 3.13. The number of hydrogen-bond donors (Lipinski definition) is 3. The Bertz CT molecular complexity index is 862. The molecule has 0 bridgehead atoms. The summed E-state index contributed by atoms with van der Waals surface area (Å²) in [5.41, 5.74) is 3.10. The maximum Gasteiger partial charge on any atom is 0.318 e. The standard InChI is InChI=1S/C20H24Cl2N4O2/c1-12(11-27)24-19-8-16-10-26(6-5-15(16)9-23-19)20(28)25-13(2)14-3-4-17(21)18(22)7-14/h3-4,7-9,12-13,27H,5-6,10-11H2,1-2H3,(H,23,24)(H,25,28). The van der Waals surface area contributed by atoms with Crippen molar-refractivity contribution in [2.24, 2.45) is 0 Å². The second-order valence-corrected chi connectivity index (χ2v) is 7.90. The number of pyridine rings is 1. The van der Waals surface area contributed by atoms with Crippen LogP contribution >= 0.6 is 23.2 Å². The highest BCUT2D eigenvalue weighted by molar-refractivity contribution is 6.42. The lowest BCUT2D eigenvalue weighted by atomic mass is 10.0. The fraction of sp³-hybridized carbons (Fsp3) is 0.400. The van der Waals surface area contributed by atoms with Crippen LogP contribution in [-0.4, -0.2) is 40.2 Å². The number of carbonyl (C=O) groups is 1. The van der Waals surface area contributed by atoms with E-state index in [0.717, 1.165) is 23.1 Å². The first-order valence-corrected chi connectivity index (χ1v) is 9.98. The Hall–Kier alpha value is -2.02. The van der Waals surface area contributed by atoms with E-state index in [-0.39, 0.29) is 24.7 Å². The molecular formula is C20H24Cl2N4O2. The fourth-order valence-corrected chi connectivity index (χ4v) is 3.44. The van der Waals surface area contributed by atoms with E-state index in [4.69, 9.17) is 23.2 Å². The first-order chi connectivity index (χ1) is 13.4. The number of halogens is 2. The number of aliphatic hydroxyl groups excluding tert-OH is 1. The molecule has 1 aliphatic heterocycles. The van der Waals surface area contributed by atoms with Crippen LogP contribution in [0.15, 0.2) is 30.5 Å². The summed E-state index contributed by atoms with van der Waals surface area (Å²) < 4.78 is 0. The number of rotatable bonds is 5. The molecule has 2 atom stereocenters. The van der Waals surface area contributed by atoms with Crippen LogP contribution in [0.25, 0.3) is 0 Å². The SMILES string of the molecule is CC(CO)Nc1cc2c(cn1)CCN(C(=O)NC(C)c1ccc(Cl)c(Cl)c1)C2. The maximum absolute atomic E-state index is 12.7. The minimum absolute atomic E-state index is 0.0277. The van der Waals surface area contributed by atoms with Crippen LogP contribution in [0.2, 0.25) is 10.0 Å². The highest BCUT2D eigenvalue weighted by atomic mass is 35.5. The van der Waals surface area contributed by atoms with Gasteiger partial charge in [-0.15, -0.1) is 0 Å². The molecule has 0 saturated heterocycles.